The predicted octanol–water partition coefficient (Wildman–Crippen LogP) is 1.08. The molecule has 0 aliphatic carbocycles. The highest BCUT2D eigenvalue weighted by Gasteiger charge is 2.11. The Bertz CT molecular complexity index is 95.0. The third-order valence-corrected chi connectivity index (χ3v) is 1.60. The van der Waals surface area contributed by atoms with E-state index in [4.69, 9.17) is 4.74 Å². The molecule has 3 nitrogen and oxygen atoms in total. The molecule has 0 aromatic rings. The number of carbonyl (C=O) groups is 1. The largest absolute Gasteiger partial charge is 0.438 e. The number of rotatable bonds is 2. The van der Waals surface area contributed by atoms with Crippen LogP contribution in [0.25, 0.3) is 0 Å². The molecule has 1 saturated heterocycles. The van der Waals surface area contributed by atoms with E-state index in [-0.39, 0.29) is 6.29 Å². The monoisotopic (exact) mass is 144 g/mol. The van der Waals surface area contributed by atoms with Crippen molar-refractivity contribution in [3.05, 3.63) is 0 Å². The van der Waals surface area contributed by atoms with Gasteiger partial charge in [-0.05, 0) is 12.8 Å². The van der Waals surface area contributed by atoms with Crippen molar-refractivity contribution in [1.82, 2.24) is 0 Å². The van der Waals surface area contributed by atoms with Gasteiger partial charge in [0, 0.05) is 6.42 Å². The number of hydrogen-bond acceptors (Lipinski definition) is 3. The normalized spacial score (nSPS) is 27.0. The van der Waals surface area contributed by atoms with Gasteiger partial charge in [0.05, 0.1) is 6.61 Å². The summed E-state index contributed by atoms with van der Waals surface area (Å²) >= 11 is 0. The highest BCUT2D eigenvalue weighted by atomic mass is 16.7. The van der Waals surface area contributed by atoms with Crippen LogP contribution in [0.2, 0.25) is 0 Å². The molecule has 0 bridgehead atoms. The molecule has 0 aromatic carbocycles. The number of carbonyl (C=O) groups excluding carboxylic acids is 1. The van der Waals surface area contributed by atoms with Gasteiger partial charge in [-0.2, -0.15) is 0 Å². The molecule has 1 fully saturated rings. The average molecular weight is 144 g/mol. The first-order chi connectivity index (χ1) is 4.93. The van der Waals surface area contributed by atoms with Gasteiger partial charge in [0.15, 0.2) is 0 Å². The Labute approximate surface area is 60.3 Å². The van der Waals surface area contributed by atoms with Gasteiger partial charge in [-0.15, -0.1) is 0 Å². The minimum absolute atomic E-state index is 0.278. The third kappa shape index (κ3) is 2.35. The SMILES string of the molecule is O=COC1CCCCCO1. The molecule has 10 heavy (non-hydrogen) atoms. The van der Waals surface area contributed by atoms with Gasteiger partial charge in [0.25, 0.3) is 6.47 Å². The average Bonchev–Trinajstić information content (AvgIpc) is 2.17. The Hall–Kier alpha value is -0.570. The van der Waals surface area contributed by atoms with Crippen LogP contribution in [-0.4, -0.2) is 19.4 Å². The van der Waals surface area contributed by atoms with Crippen molar-refractivity contribution >= 4 is 6.47 Å². The van der Waals surface area contributed by atoms with Crippen molar-refractivity contribution in [1.29, 1.82) is 0 Å². The number of ether oxygens (including phenoxy) is 2. The van der Waals surface area contributed by atoms with Crippen molar-refractivity contribution in [3.63, 3.8) is 0 Å². The van der Waals surface area contributed by atoms with Gasteiger partial charge in [0.2, 0.25) is 6.29 Å². The zero-order chi connectivity index (χ0) is 7.23. The summed E-state index contributed by atoms with van der Waals surface area (Å²) in [5, 5.41) is 0. The van der Waals surface area contributed by atoms with Crippen molar-refractivity contribution in [2.24, 2.45) is 0 Å². The van der Waals surface area contributed by atoms with E-state index in [0.717, 1.165) is 25.9 Å². The van der Waals surface area contributed by atoms with Gasteiger partial charge >= 0.3 is 0 Å². The summed E-state index contributed by atoms with van der Waals surface area (Å²) < 4.78 is 9.85. The summed E-state index contributed by atoms with van der Waals surface area (Å²) in [5.41, 5.74) is 0. The first-order valence-electron chi connectivity index (χ1n) is 3.64. The van der Waals surface area contributed by atoms with Crippen LogP contribution < -0.4 is 0 Å². The van der Waals surface area contributed by atoms with Crippen LogP contribution in [0.1, 0.15) is 25.7 Å². The topological polar surface area (TPSA) is 35.5 Å². The minimum atomic E-state index is -0.278. The molecule has 0 radical (unpaired) electrons. The van der Waals surface area contributed by atoms with E-state index in [1.165, 1.54) is 6.42 Å². The van der Waals surface area contributed by atoms with Gasteiger partial charge in [-0.25, -0.2) is 0 Å². The molecule has 1 aliphatic heterocycles. The van der Waals surface area contributed by atoms with Crippen LogP contribution in [0, 0.1) is 0 Å². The van der Waals surface area contributed by atoms with E-state index in [0.29, 0.717) is 6.47 Å². The first kappa shape index (κ1) is 7.54. The Morgan fingerprint density at radius 3 is 3.10 bits per heavy atom. The second kappa shape index (κ2) is 4.28. The molecule has 1 atom stereocenters. The quantitative estimate of drug-likeness (QED) is 0.544. The Morgan fingerprint density at radius 1 is 1.40 bits per heavy atom. The molecule has 0 N–H and O–H groups in total. The molecule has 1 rings (SSSR count). The Morgan fingerprint density at radius 2 is 2.30 bits per heavy atom. The summed E-state index contributed by atoms with van der Waals surface area (Å²) in [4.78, 5) is 9.88. The van der Waals surface area contributed by atoms with Crippen molar-refractivity contribution in [2.45, 2.75) is 32.0 Å². The molecule has 1 unspecified atom stereocenters. The smallest absolute Gasteiger partial charge is 0.295 e. The fourth-order valence-electron chi connectivity index (χ4n) is 1.06. The van der Waals surface area contributed by atoms with E-state index in [1.54, 1.807) is 0 Å². The minimum Gasteiger partial charge on any atom is -0.438 e. The maximum absolute atomic E-state index is 9.88. The zero-order valence-corrected chi connectivity index (χ0v) is 5.91. The van der Waals surface area contributed by atoms with E-state index < -0.39 is 0 Å². The summed E-state index contributed by atoms with van der Waals surface area (Å²) in [6.45, 7) is 1.18. The molecule has 58 valence electrons. The summed E-state index contributed by atoms with van der Waals surface area (Å²) in [5.74, 6) is 0. The van der Waals surface area contributed by atoms with Gasteiger partial charge in [-0.1, -0.05) is 6.42 Å². The third-order valence-electron chi connectivity index (χ3n) is 1.60. The van der Waals surface area contributed by atoms with E-state index in [2.05, 4.69) is 4.74 Å². The second-order valence-electron chi connectivity index (χ2n) is 2.38. The lowest BCUT2D eigenvalue weighted by molar-refractivity contribution is -0.163. The first-order valence-corrected chi connectivity index (χ1v) is 3.64. The molecular weight excluding hydrogens is 132 g/mol. The summed E-state index contributed by atoms with van der Waals surface area (Å²) in [6.07, 6.45) is 3.93. The summed E-state index contributed by atoms with van der Waals surface area (Å²) in [7, 11) is 0. The molecule has 3 heteroatoms. The highest BCUT2D eigenvalue weighted by Crippen LogP contribution is 2.12. The van der Waals surface area contributed by atoms with Crippen LogP contribution in [0.4, 0.5) is 0 Å². The van der Waals surface area contributed by atoms with Crippen LogP contribution in [0.5, 0.6) is 0 Å². The molecule has 0 amide bonds. The molecule has 0 aromatic heterocycles. The lowest BCUT2D eigenvalue weighted by atomic mass is 10.2. The number of hydrogen-bond donors (Lipinski definition) is 0. The zero-order valence-electron chi connectivity index (χ0n) is 5.91. The van der Waals surface area contributed by atoms with E-state index in [1.807, 2.05) is 0 Å². The molecule has 1 aliphatic rings. The molecule has 1 heterocycles. The standard InChI is InChI=1S/C7H12O3/c8-6-10-7-4-2-1-3-5-9-7/h6-7H,1-5H2. The van der Waals surface area contributed by atoms with Gasteiger partial charge in [-0.3, -0.25) is 4.79 Å². The molecule has 0 spiro atoms. The van der Waals surface area contributed by atoms with Crippen molar-refractivity contribution in [2.75, 3.05) is 6.61 Å². The Kier molecular flexibility index (Phi) is 3.22. The summed E-state index contributed by atoms with van der Waals surface area (Å²) in [6, 6.07) is 0. The van der Waals surface area contributed by atoms with E-state index in [9.17, 15) is 4.79 Å². The van der Waals surface area contributed by atoms with E-state index >= 15 is 0 Å². The van der Waals surface area contributed by atoms with Gasteiger partial charge < -0.3 is 9.47 Å². The van der Waals surface area contributed by atoms with Gasteiger partial charge in [0.1, 0.15) is 0 Å². The molecule has 0 saturated carbocycles. The fraction of sp³-hybridized carbons (Fsp3) is 0.857. The molecular formula is C7H12O3. The lowest BCUT2D eigenvalue weighted by Gasteiger charge is -2.10. The second-order valence-corrected chi connectivity index (χ2v) is 2.38. The van der Waals surface area contributed by atoms with Crippen molar-refractivity contribution in [3.8, 4) is 0 Å². The maximum atomic E-state index is 9.88. The fourth-order valence-corrected chi connectivity index (χ4v) is 1.06. The predicted molar refractivity (Wildman–Crippen MR) is 35.4 cm³/mol. The van der Waals surface area contributed by atoms with Crippen LogP contribution in [0.3, 0.4) is 0 Å². The van der Waals surface area contributed by atoms with Crippen LogP contribution >= 0.6 is 0 Å². The lowest BCUT2D eigenvalue weighted by Crippen LogP contribution is -2.14. The maximum Gasteiger partial charge on any atom is 0.295 e. The Balaban J connectivity index is 2.21. The highest BCUT2D eigenvalue weighted by molar-refractivity contribution is 5.37. The van der Waals surface area contributed by atoms with Crippen LogP contribution in [-0.2, 0) is 14.3 Å². The van der Waals surface area contributed by atoms with Crippen molar-refractivity contribution < 1.29 is 14.3 Å². The van der Waals surface area contributed by atoms with Crippen LogP contribution in [0.15, 0.2) is 0 Å².